The van der Waals surface area contributed by atoms with Crippen LogP contribution in [0, 0.1) is 92.6 Å². The second-order valence-electron chi connectivity index (χ2n) is 45.9. The zero-order valence-corrected chi connectivity index (χ0v) is 73.5. The molecule has 0 saturated carbocycles. The molecule has 0 spiro atoms. The van der Waals surface area contributed by atoms with Gasteiger partial charge in [0, 0.05) is 0 Å². The van der Waals surface area contributed by atoms with Crippen LogP contribution in [0.2, 0.25) is 0 Å². The lowest BCUT2D eigenvalue weighted by atomic mass is 9.60. The van der Waals surface area contributed by atoms with Crippen LogP contribution in [0.5, 0.6) is 0 Å². The van der Waals surface area contributed by atoms with E-state index >= 15 is 0 Å². The average molecular weight is 1310 g/mol. The van der Waals surface area contributed by atoms with Crippen molar-refractivity contribution < 1.29 is 0 Å². The Bertz CT molecular complexity index is 2330. The van der Waals surface area contributed by atoms with Gasteiger partial charge in [-0.15, -0.1) is 26.3 Å². The monoisotopic (exact) mass is 1310 g/mol. The molecule has 0 aliphatic carbocycles. The number of rotatable bonds is 35. The van der Waals surface area contributed by atoms with E-state index in [9.17, 15) is 0 Å². The van der Waals surface area contributed by atoms with E-state index in [0.29, 0.717) is 76.3 Å². The lowest BCUT2D eigenvalue weighted by molar-refractivity contribution is 0.0727. The van der Waals surface area contributed by atoms with Crippen molar-refractivity contribution in [2.45, 2.75) is 400 Å². The van der Waals surface area contributed by atoms with E-state index in [2.05, 4.69) is 335 Å². The minimum atomic E-state index is 0.157. The summed E-state index contributed by atoms with van der Waals surface area (Å²) in [5.74, 6) is 0.589. The van der Waals surface area contributed by atoms with Gasteiger partial charge in [-0.1, -0.05) is 319 Å². The van der Waals surface area contributed by atoms with Crippen molar-refractivity contribution in [3.8, 4) is 0 Å². The van der Waals surface area contributed by atoms with Crippen molar-refractivity contribution in [3.63, 3.8) is 0 Å². The van der Waals surface area contributed by atoms with Gasteiger partial charge in [0.1, 0.15) is 0 Å². The summed E-state index contributed by atoms with van der Waals surface area (Å²) < 4.78 is 0. The van der Waals surface area contributed by atoms with Crippen LogP contribution >= 0.6 is 0 Å². The molecule has 0 heterocycles. The molecular weight excluding hydrogens is 1130 g/mol. The van der Waals surface area contributed by atoms with Crippen molar-refractivity contribution in [2.75, 3.05) is 0 Å². The number of hydrogen-bond acceptors (Lipinski definition) is 0. The molecular formula is C94H180. The SMILES string of the molecule is C=C(C)C.C=C(C)C(C)(C)CC(C)(C)C/C=C(\C)CC(C)(C)CC(C)(C)CC(C)(C)C.C=C(C)CC(C)(C)CC(C)(C)C[C@@H](CC(C)(C)CC(C)(C)CC(C)(C)C)C(=C)C.C=CC(=C)C.C=C[C@@](C)(CC(C)(C)CC(C)(C)CC(=C)C)CC(C)(C)CC(C)(C)CC(C)(C)C. The average Bonchev–Trinajstić information content (AvgIpc) is 0.838. The molecule has 0 aromatic heterocycles. The van der Waals surface area contributed by atoms with Crippen LogP contribution < -0.4 is 0 Å². The van der Waals surface area contributed by atoms with Crippen molar-refractivity contribution in [1.82, 2.24) is 0 Å². The van der Waals surface area contributed by atoms with E-state index < -0.39 is 0 Å². The molecule has 0 saturated heterocycles. The normalized spacial score (nSPS) is 14.8. The molecule has 0 amide bonds. The van der Waals surface area contributed by atoms with Crippen LogP contribution in [0.3, 0.4) is 0 Å². The highest BCUT2D eigenvalue weighted by atomic mass is 14.5. The maximum atomic E-state index is 4.41. The second kappa shape index (κ2) is 38.5. The van der Waals surface area contributed by atoms with Gasteiger partial charge in [0.05, 0.1) is 0 Å². The first-order chi connectivity index (χ1) is 40.7. The van der Waals surface area contributed by atoms with Crippen LogP contribution in [0.1, 0.15) is 400 Å². The van der Waals surface area contributed by atoms with Gasteiger partial charge in [-0.05, 0) is 257 Å². The quantitative estimate of drug-likeness (QED) is 0.0438. The summed E-state index contributed by atoms with van der Waals surface area (Å²) in [6.07, 6.45) is 27.1. The van der Waals surface area contributed by atoms with Gasteiger partial charge in [-0.2, -0.15) is 0 Å². The third-order valence-electron chi connectivity index (χ3n) is 18.1. The molecule has 0 rings (SSSR count). The fourth-order valence-corrected chi connectivity index (χ4v) is 19.9. The largest absolute Gasteiger partial charge is 0.103 e. The van der Waals surface area contributed by atoms with Crippen molar-refractivity contribution in [3.05, 3.63) is 110 Å². The van der Waals surface area contributed by atoms with Gasteiger partial charge in [0.15, 0.2) is 0 Å². The van der Waals surface area contributed by atoms with Gasteiger partial charge >= 0.3 is 0 Å². The summed E-state index contributed by atoms with van der Waals surface area (Å²) in [4.78, 5) is 0. The van der Waals surface area contributed by atoms with Gasteiger partial charge < -0.3 is 0 Å². The van der Waals surface area contributed by atoms with Crippen molar-refractivity contribution >= 4 is 0 Å². The molecule has 556 valence electrons. The van der Waals surface area contributed by atoms with Crippen molar-refractivity contribution in [1.29, 1.82) is 0 Å². The molecule has 0 fully saturated rings. The van der Waals surface area contributed by atoms with E-state index in [1.54, 1.807) is 11.6 Å². The molecule has 0 bridgehead atoms. The predicted octanol–water partition coefficient (Wildman–Crippen LogP) is 33.4. The molecule has 94 heavy (non-hydrogen) atoms. The zero-order chi connectivity index (χ0) is 76.8. The summed E-state index contributed by atoms with van der Waals surface area (Å²) in [7, 11) is 0. The molecule has 2 atom stereocenters. The molecule has 0 N–H and O–H groups in total. The first-order valence-electron chi connectivity index (χ1n) is 37.5. The Morgan fingerprint density at radius 2 is 0.553 bits per heavy atom. The Labute approximate surface area is 598 Å². The summed E-state index contributed by atoms with van der Waals surface area (Å²) in [6.45, 7) is 131. The third-order valence-corrected chi connectivity index (χ3v) is 18.1. The molecule has 0 aliphatic heterocycles. The van der Waals surface area contributed by atoms with E-state index in [1.165, 1.54) is 118 Å². The molecule has 0 aliphatic rings. The third kappa shape index (κ3) is 58.6. The topological polar surface area (TPSA) is 0 Å². The highest BCUT2D eigenvalue weighted by Gasteiger charge is 2.42. The molecule has 0 aromatic rings. The Kier molecular flexibility index (Phi) is 41.0. The summed E-state index contributed by atoms with van der Waals surface area (Å²) in [6, 6.07) is 0. The molecule has 0 unspecified atom stereocenters. The zero-order valence-electron chi connectivity index (χ0n) is 73.5. The lowest BCUT2D eigenvalue weighted by Crippen LogP contribution is -2.34. The first-order valence-corrected chi connectivity index (χ1v) is 37.5. The fourth-order valence-electron chi connectivity index (χ4n) is 19.9. The Morgan fingerprint density at radius 1 is 0.309 bits per heavy atom. The van der Waals surface area contributed by atoms with Gasteiger partial charge in [-0.25, -0.2) is 0 Å². The standard InChI is InChI=1S/2C29H56.C27H52.C5H8.C4H8/c1-22(2)16-26(8,9)20-27(10,11)17-24(23(3)4)18-28(12,13)21-29(14,15)19-25(5,6)7;1-16-29(15,21-27(11,12)19-25(7,8)17-23(2)3)22-28(13,14)20-26(9,10)18-24(4,5)6;1-21(2)27(13,14)20-24(7,8)16-15-22(3)17-25(9,10)19-26(11,12)18-23(4,5)6;1-4-5(2)3;1-4(2)3/h24H,1,3,16-21H2,2,4-15H3;16H,1-2,17-22H2,3-15H3;15H,1,16-20H2,2-14H3;4H,1-2H2,3H3;1H2,2-3H3/b;;22-15+;;/t24-;29-;;;/m00.../s1. The van der Waals surface area contributed by atoms with Crippen LogP contribution in [-0.4, -0.2) is 0 Å². The minimum Gasteiger partial charge on any atom is -0.103 e. The van der Waals surface area contributed by atoms with Gasteiger partial charge in [0.25, 0.3) is 0 Å². The Balaban J connectivity index is -0.000000394. The summed E-state index contributed by atoms with van der Waals surface area (Å²) in [5, 5.41) is 0. The summed E-state index contributed by atoms with van der Waals surface area (Å²) in [5.41, 5.74) is 14.0. The summed E-state index contributed by atoms with van der Waals surface area (Å²) >= 11 is 0. The molecule has 0 heteroatoms. The van der Waals surface area contributed by atoms with Crippen molar-refractivity contribution in [2.24, 2.45) is 92.6 Å². The van der Waals surface area contributed by atoms with E-state index in [1.807, 2.05) is 20.8 Å². The lowest BCUT2D eigenvalue weighted by Gasteiger charge is -2.45. The number of allylic oxidation sites excluding steroid dienone is 10. The van der Waals surface area contributed by atoms with Crippen LogP contribution in [0.15, 0.2) is 110 Å². The Hall–Kier alpha value is -2.34. The molecule has 0 radical (unpaired) electrons. The van der Waals surface area contributed by atoms with Crippen LogP contribution in [-0.2, 0) is 0 Å². The highest BCUT2D eigenvalue weighted by Crippen LogP contribution is 2.53. The predicted molar refractivity (Wildman–Crippen MR) is 443 cm³/mol. The fraction of sp³-hybridized carbons (Fsp3) is 0.809. The van der Waals surface area contributed by atoms with E-state index in [-0.39, 0.29) is 16.2 Å². The highest BCUT2D eigenvalue weighted by molar-refractivity contribution is 5.09. The second-order valence-corrected chi connectivity index (χ2v) is 45.9. The minimum absolute atomic E-state index is 0.157. The van der Waals surface area contributed by atoms with E-state index in [4.69, 9.17) is 0 Å². The van der Waals surface area contributed by atoms with Gasteiger partial charge in [0.2, 0.25) is 0 Å². The Morgan fingerprint density at radius 3 is 0.787 bits per heavy atom. The van der Waals surface area contributed by atoms with E-state index in [0.717, 1.165) is 24.8 Å². The number of hydrogen-bond donors (Lipinski definition) is 0. The first kappa shape index (κ1) is 100. The smallest absolute Gasteiger partial charge is 0.0139 e. The van der Waals surface area contributed by atoms with Gasteiger partial charge in [-0.3, -0.25) is 0 Å². The maximum Gasteiger partial charge on any atom is -0.0139 e. The van der Waals surface area contributed by atoms with Crippen LogP contribution in [0.4, 0.5) is 0 Å². The molecule has 0 aromatic carbocycles. The maximum absolute atomic E-state index is 4.41. The van der Waals surface area contributed by atoms with Crippen LogP contribution in [0.25, 0.3) is 0 Å². The molecule has 0 nitrogen and oxygen atoms in total.